The molecule has 1 amide bonds. The molecule has 4 rings (SSSR count). The molecule has 0 saturated heterocycles. The number of rotatable bonds is 2. The van der Waals surface area contributed by atoms with Crippen molar-refractivity contribution in [2.24, 2.45) is 0 Å². The van der Waals surface area contributed by atoms with Crippen LogP contribution < -0.4 is 10.9 Å². The van der Waals surface area contributed by atoms with Gasteiger partial charge in [0.15, 0.2) is 0 Å². The van der Waals surface area contributed by atoms with Gasteiger partial charge in [-0.1, -0.05) is 11.6 Å². The highest BCUT2D eigenvalue weighted by Gasteiger charge is 2.24. The first-order valence-corrected chi connectivity index (χ1v) is 8.00. The molecule has 3 heterocycles. The summed E-state index contributed by atoms with van der Waals surface area (Å²) in [4.78, 5) is 36.8. The number of hydrogen-bond donors (Lipinski definition) is 2. The molecule has 3 aromatic rings. The molecule has 2 N–H and O–H groups in total. The fourth-order valence-corrected chi connectivity index (χ4v) is 3.03. The Hall–Kier alpha value is -3.13. The van der Waals surface area contributed by atoms with Gasteiger partial charge in [0.2, 0.25) is 0 Å². The maximum atomic E-state index is 12.4. The second-order valence-electron chi connectivity index (χ2n) is 5.65. The lowest BCUT2D eigenvalue weighted by molar-refractivity contribution is -0.122. The number of imidazole rings is 1. The maximum absolute atomic E-state index is 12.4. The number of hydrogen-bond acceptors (Lipinski definition) is 5. The number of carbonyl (C=O) groups excluding carboxylic acids is 1. The van der Waals surface area contributed by atoms with E-state index in [0.29, 0.717) is 29.0 Å². The standard InChI is InChI=1S/C16H12ClN3O3.CH2O2/c17-10-1-2-14-9(3-10)4-13(16(22)23-14)15(21)19-11-5-12-6-18-8-20(12)7-11;2-1-3/h1-4,6,8,11H,5,7H2,(H,19,21);1H,(H,2,3). The monoisotopic (exact) mass is 375 g/mol. The van der Waals surface area contributed by atoms with Gasteiger partial charge in [-0.2, -0.15) is 0 Å². The van der Waals surface area contributed by atoms with Crippen LogP contribution in [0.4, 0.5) is 0 Å². The molecule has 0 fully saturated rings. The molecule has 1 unspecified atom stereocenters. The Labute approximate surface area is 152 Å². The van der Waals surface area contributed by atoms with Crippen LogP contribution in [0.1, 0.15) is 16.1 Å². The zero-order chi connectivity index (χ0) is 18.7. The maximum Gasteiger partial charge on any atom is 0.349 e. The van der Waals surface area contributed by atoms with Gasteiger partial charge in [0, 0.05) is 35.3 Å². The largest absolute Gasteiger partial charge is 0.483 e. The summed E-state index contributed by atoms with van der Waals surface area (Å²) in [6.07, 6.45) is 4.20. The Morgan fingerprint density at radius 2 is 2.19 bits per heavy atom. The summed E-state index contributed by atoms with van der Waals surface area (Å²) in [5.41, 5.74) is 0.789. The molecular weight excluding hydrogens is 362 g/mol. The van der Waals surface area contributed by atoms with Crippen LogP contribution in [0.3, 0.4) is 0 Å². The van der Waals surface area contributed by atoms with Gasteiger partial charge >= 0.3 is 5.63 Å². The fourth-order valence-electron chi connectivity index (χ4n) is 2.85. The SMILES string of the molecule is O=C(NC1Cc2cncn2C1)c1cc2cc(Cl)ccc2oc1=O.O=CO. The predicted octanol–water partition coefficient (Wildman–Crippen LogP) is 1.70. The molecule has 0 radical (unpaired) electrons. The summed E-state index contributed by atoms with van der Waals surface area (Å²) in [5.74, 6) is -0.440. The van der Waals surface area contributed by atoms with Crippen LogP contribution in [-0.4, -0.2) is 33.1 Å². The molecule has 0 bridgehead atoms. The number of fused-ring (bicyclic) bond motifs is 2. The van der Waals surface area contributed by atoms with E-state index in [1.807, 2.05) is 4.57 Å². The van der Waals surface area contributed by atoms with Gasteiger partial charge in [-0.05, 0) is 24.3 Å². The third-order valence-corrected chi connectivity index (χ3v) is 4.18. The zero-order valence-electron chi connectivity index (χ0n) is 13.4. The third kappa shape index (κ3) is 3.60. The van der Waals surface area contributed by atoms with E-state index in [9.17, 15) is 9.59 Å². The van der Waals surface area contributed by atoms with Crippen molar-refractivity contribution in [2.45, 2.75) is 19.0 Å². The minimum Gasteiger partial charge on any atom is -0.483 e. The number of nitrogens with zero attached hydrogens (tertiary/aromatic N) is 2. The Kier molecular flexibility index (Phi) is 5.04. The molecule has 134 valence electrons. The molecule has 1 aromatic carbocycles. The second kappa shape index (κ2) is 7.40. The quantitative estimate of drug-likeness (QED) is 0.520. The second-order valence-corrected chi connectivity index (χ2v) is 6.08. The lowest BCUT2D eigenvalue weighted by Gasteiger charge is -2.11. The van der Waals surface area contributed by atoms with E-state index in [1.165, 1.54) is 6.07 Å². The highest BCUT2D eigenvalue weighted by Crippen LogP contribution is 2.19. The van der Waals surface area contributed by atoms with E-state index in [-0.39, 0.29) is 18.1 Å². The van der Waals surface area contributed by atoms with Crippen LogP contribution in [0.2, 0.25) is 5.02 Å². The Morgan fingerprint density at radius 1 is 1.42 bits per heavy atom. The molecule has 0 spiro atoms. The molecule has 1 atom stereocenters. The number of aromatic nitrogens is 2. The van der Waals surface area contributed by atoms with Crippen LogP contribution in [0, 0.1) is 0 Å². The van der Waals surface area contributed by atoms with Gasteiger partial charge in [-0.3, -0.25) is 9.59 Å². The number of benzene rings is 1. The van der Waals surface area contributed by atoms with Crippen LogP contribution in [0.25, 0.3) is 11.0 Å². The third-order valence-electron chi connectivity index (χ3n) is 3.95. The lowest BCUT2D eigenvalue weighted by Crippen LogP contribution is -2.38. The molecule has 1 aliphatic heterocycles. The summed E-state index contributed by atoms with van der Waals surface area (Å²) >= 11 is 5.94. The van der Waals surface area contributed by atoms with E-state index < -0.39 is 11.5 Å². The van der Waals surface area contributed by atoms with Crippen molar-refractivity contribution in [1.29, 1.82) is 0 Å². The van der Waals surface area contributed by atoms with Crippen LogP contribution >= 0.6 is 11.6 Å². The first kappa shape index (κ1) is 17.7. The Morgan fingerprint density at radius 3 is 2.92 bits per heavy atom. The van der Waals surface area contributed by atoms with Gasteiger partial charge in [0.05, 0.1) is 12.4 Å². The van der Waals surface area contributed by atoms with Crippen molar-refractivity contribution < 1.29 is 19.1 Å². The van der Waals surface area contributed by atoms with Crippen molar-refractivity contribution in [1.82, 2.24) is 14.9 Å². The van der Waals surface area contributed by atoms with Crippen LogP contribution in [-0.2, 0) is 17.8 Å². The summed E-state index contributed by atoms with van der Waals surface area (Å²) < 4.78 is 7.17. The summed E-state index contributed by atoms with van der Waals surface area (Å²) in [5, 5.41) is 10.9. The molecule has 8 nitrogen and oxygen atoms in total. The predicted molar refractivity (Wildman–Crippen MR) is 93.4 cm³/mol. The van der Waals surface area contributed by atoms with Gasteiger partial charge in [0.25, 0.3) is 12.4 Å². The summed E-state index contributed by atoms with van der Waals surface area (Å²) in [6.45, 7) is 0.395. The Bertz CT molecular complexity index is 1010. The van der Waals surface area contributed by atoms with Gasteiger partial charge < -0.3 is 19.4 Å². The van der Waals surface area contributed by atoms with E-state index in [2.05, 4.69) is 10.3 Å². The average Bonchev–Trinajstić information content (AvgIpc) is 3.16. The van der Waals surface area contributed by atoms with Crippen molar-refractivity contribution in [3.05, 3.63) is 63.5 Å². The average molecular weight is 376 g/mol. The molecule has 2 aromatic heterocycles. The van der Waals surface area contributed by atoms with Crippen molar-refractivity contribution >= 4 is 34.9 Å². The van der Waals surface area contributed by atoms with Gasteiger partial charge in [0.1, 0.15) is 11.1 Å². The first-order valence-electron chi connectivity index (χ1n) is 7.63. The van der Waals surface area contributed by atoms with Gasteiger partial charge in [-0.25, -0.2) is 9.78 Å². The van der Waals surface area contributed by atoms with Crippen molar-refractivity contribution in [3.8, 4) is 0 Å². The highest BCUT2D eigenvalue weighted by atomic mass is 35.5. The molecule has 1 aliphatic rings. The van der Waals surface area contributed by atoms with E-state index in [4.69, 9.17) is 25.9 Å². The smallest absolute Gasteiger partial charge is 0.349 e. The fraction of sp³-hybridized carbons (Fsp3) is 0.176. The molecular formula is C17H14ClN3O5. The summed E-state index contributed by atoms with van der Waals surface area (Å²) in [7, 11) is 0. The molecule has 26 heavy (non-hydrogen) atoms. The minimum absolute atomic E-state index is 0.0190. The van der Waals surface area contributed by atoms with Crippen molar-refractivity contribution in [2.75, 3.05) is 0 Å². The van der Waals surface area contributed by atoms with E-state index >= 15 is 0 Å². The number of halogens is 1. The molecule has 9 heteroatoms. The van der Waals surface area contributed by atoms with Gasteiger partial charge in [-0.15, -0.1) is 0 Å². The van der Waals surface area contributed by atoms with Crippen LogP contribution in [0.5, 0.6) is 0 Å². The zero-order valence-corrected chi connectivity index (χ0v) is 14.1. The number of nitrogens with one attached hydrogen (secondary N) is 1. The lowest BCUT2D eigenvalue weighted by atomic mass is 10.1. The van der Waals surface area contributed by atoms with Crippen molar-refractivity contribution in [3.63, 3.8) is 0 Å². The summed E-state index contributed by atoms with van der Waals surface area (Å²) in [6, 6.07) is 6.35. The Balaban J connectivity index is 0.000000613. The highest BCUT2D eigenvalue weighted by molar-refractivity contribution is 6.31. The minimum atomic E-state index is -0.656. The molecule has 0 saturated carbocycles. The number of carbonyl (C=O) groups is 2. The molecule has 0 aliphatic carbocycles. The van der Waals surface area contributed by atoms with E-state index in [1.54, 1.807) is 30.7 Å². The number of amides is 1. The number of carboxylic acid groups (broad SMARTS) is 1. The van der Waals surface area contributed by atoms with E-state index in [0.717, 1.165) is 5.69 Å². The first-order chi connectivity index (χ1) is 12.5. The van der Waals surface area contributed by atoms with Crippen LogP contribution in [0.15, 0.2) is 46.0 Å². The normalized spacial score (nSPS) is 15.0. The topological polar surface area (TPSA) is 114 Å².